The largest absolute Gasteiger partial charge is 0.381 e. The van der Waals surface area contributed by atoms with E-state index in [9.17, 15) is 4.79 Å². The molecule has 0 radical (unpaired) electrons. The van der Waals surface area contributed by atoms with Crippen LogP contribution >= 0.6 is 0 Å². The molecule has 0 bridgehead atoms. The zero-order valence-electron chi connectivity index (χ0n) is 8.14. The quantitative estimate of drug-likeness (QED) is 0.660. The third-order valence-electron chi connectivity index (χ3n) is 3.54. The maximum atomic E-state index is 10.9. The first-order chi connectivity index (χ1) is 6.23. The van der Waals surface area contributed by atoms with Crippen molar-refractivity contribution in [1.82, 2.24) is 5.32 Å². The first-order valence-electron chi connectivity index (χ1n) is 5.08. The van der Waals surface area contributed by atoms with Crippen LogP contribution in [0.4, 0.5) is 0 Å². The molecule has 1 unspecified atom stereocenters. The second-order valence-corrected chi connectivity index (χ2v) is 4.27. The Kier molecular flexibility index (Phi) is 2.28. The minimum atomic E-state index is 0.107. The summed E-state index contributed by atoms with van der Waals surface area (Å²) in [5.74, 6) is 0.107. The van der Waals surface area contributed by atoms with Gasteiger partial charge in [0.1, 0.15) is 0 Å². The van der Waals surface area contributed by atoms with Crippen LogP contribution in [0, 0.1) is 5.41 Å². The van der Waals surface area contributed by atoms with Crippen LogP contribution in [0.5, 0.6) is 0 Å². The van der Waals surface area contributed by atoms with E-state index >= 15 is 0 Å². The van der Waals surface area contributed by atoms with Crippen molar-refractivity contribution in [3.8, 4) is 0 Å². The summed E-state index contributed by atoms with van der Waals surface area (Å²) in [7, 11) is 0. The number of hydrogen-bond donors (Lipinski definition) is 1. The number of ether oxygens (including phenoxy) is 1. The van der Waals surface area contributed by atoms with Crippen molar-refractivity contribution in [3.05, 3.63) is 0 Å². The highest BCUT2D eigenvalue weighted by Crippen LogP contribution is 2.48. The standard InChI is InChI=1S/C10H17NO2/c1-8(12)11-9-2-3-10(9)4-6-13-7-5-10/h9H,2-7H2,1H3,(H,11,12). The van der Waals surface area contributed by atoms with Crippen molar-refractivity contribution in [2.75, 3.05) is 13.2 Å². The van der Waals surface area contributed by atoms with Gasteiger partial charge in [0, 0.05) is 26.2 Å². The number of amides is 1. The van der Waals surface area contributed by atoms with Crippen LogP contribution < -0.4 is 5.32 Å². The molecular weight excluding hydrogens is 166 g/mol. The second kappa shape index (κ2) is 3.29. The average Bonchev–Trinajstić information content (AvgIpc) is 2.14. The fourth-order valence-corrected chi connectivity index (χ4v) is 2.54. The summed E-state index contributed by atoms with van der Waals surface area (Å²) in [5.41, 5.74) is 0.393. The highest BCUT2D eigenvalue weighted by molar-refractivity contribution is 5.73. The predicted molar refractivity (Wildman–Crippen MR) is 49.3 cm³/mol. The van der Waals surface area contributed by atoms with Gasteiger partial charge < -0.3 is 10.1 Å². The molecule has 1 aliphatic carbocycles. The third-order valence-corrected chi connectivity index (χ3v) is 3.54. The number of carbonyl (C=O) groups is 1. The van der Waals surface area contributed by atoms with Crippen LogP contribution in [-0.2, 0) is 9.53 Å². The molecule has 2 fully saturated rings. The van der Waals surface area contributed by atoms with Crippen molar-refractivity contribution in [2.24, 2.45) is 5.41 Å². The van der Waals surface area contributed by atoms with Crippen molar-refractivity contribution < 1.29 is 9.53 Å². The molecule has 0 aromatic heterocycles. The molecule has 2 rings (SSSR count). The van der Waals surface area contributed by atoms with Gasteiger partial charge in [0.2, 0.25) is 5.91 Å². The van der Waals surface area contributed by atoms with Gasteiger partial charge in [-0.15, -0.1) is 0 Å². The smallest absolute Gasteiger partial charge is 0.217 e. The molecule has 1 N–H and O–H groups in total. The molecule has 1 saturated carbocycles. The van der Waals surface area contributed by atoms with E-state index in [1.165, 1.54) is 6.42 Å². The van der Waals surface area contributed by atoms with Crippen LogP contribution in [0.1, 0.15) is 32.6 Å². The molecule has 1 atom stereocenters. The zero-order valence-corrected chi connectivity index (χ0v) is 8.14. The summed E-state index contributed by atoms with van der Waals surface area (Å²) in [4.78, 5) is 10.9. The maximum Gasteiger partial charge on any atom is 0.217 e. The lowest BCUT2D eigenvalue weighted by atomic mass is 9.60. The van der Waals surface area contributed by atoms with E-state index in [1.54, 1.807) is 6.92 Å². The van der Waals surface area contributed by atoms with E-state index in [4.69, 9.17) is 4.74 Å². The van der Waals surface area contributed by atoms with Crippen LogP contribution in [0.3, 0.4) is 0 Å². The lowest BCUT2D eigenvalue weighted by Gasteiger charge is -2.51. The molecule has 0 aromatic rings. The Bertz CT molecular complexity index is 209. The van der Waals surface area contributed by atoms with Gasteiger partial charge in [0.05, 0.1) is 0 Å². The first-order valence-corrected chi connectivity index (χ1v) is 5.08. The monoisotopic (exact) mass is 183 g/mol. The van der Waals surface area contributed by atoms with Gasteiger partial charge >= 0.3 is 0 Å². The highest BCUT2D eigenvalue weighted by atomic mass is 16.5. The van der Waals surface area contributed by atoms with E-state index < -0.39 is 0 Å². The van der Waals surface area contributed by atoms with E-state index in [-0.39, 0.29) is 5.91 Å². The van der Waals surface area contributed by atoms with Crippen molar-refractivity contribution in [3.63, 3.8) is 0 Å². The van der Waals surface area contributed by atoms with Gasteiger partial charge in [-0.1, -0.05) is 0 Å². The Labute approximate surface area is 78.8 Å². The third kappa shape index (κ3) is 1.57. The van der Waals surface area contributed by atoms with Crippen LogP contribution in [0.15, 0.2) is 0 Å². The van der Waals surface area contributed by atoms with Gasteiger partial charge in [-0.05, 0) is 31.1 Å². The topological polar surface area (TPSA) is 38.3 Å². The summed E-state index contributed by atoms with van der Waals surface area (Å²) in [6.45, 7) is 3.34. The fourth-order valence-electron chi connectivity index (χ4n) is 2.54. The fraction of sp³-hybridized carbons (Fsp3) is 0.900. The van der Waals surface area contributed by atoms with E-state index in [0.29, 0.717) is 11.5 Å². The lowest BCUT2D eigenvalue weighted by molar-refractivity contribution is -0.124. The second-order valence-electron chi connectivity index (χ2n) is 4.27. The summed E-state index contributed by atoms with van der Waals surface area (Å²) in [6, 6.07) is 0.425. The van der Waals surface area contributed by atoms with Crippen LogP contribution in [0.25, 0.3) is 0 Å². The van der Waals surface area contributed by atoms with Crippen molar-refractivity contribution >= 4 is 5.91 Å². The maximum absolute atomic E-state index is 10.9. The van der Waals surface area contributed by atoms with Crippen molar-refractivity contribution in [2.45, 2.75) is 38.6 Å². The first kappa shape index (κ1) is 9.00. The molecule has 1 aliphatic heterocycles. The van der Waals surface area contributed by atoms with E-state index in [2.05, 4.69) is 5.32 Å². The Morgan fingerprint density at radius 3 is 2.54 bits per heavy atom. The molecular formula is C10H17NO2. The number of nitrogens with one attached hydrogen (secondary N) is 1. The summed E-state index contributed by atoms with van der Waals surface area (Å²) < 4.78 is 5.34. The molecule has 0 aromatic carbocycles. The number of carbonyl (C=O) groups excluding carboxylic acids is 1. The Hall–Kier alpha value is -0.570. The minimum absolute atomic E-state index is 0.107. The molecule has 1 spiro atoms. The highest BCUT2D eigenvalue weighted by Gasteiger charge is 2.47. The molecule has 3 nitrogen and oxygen atoms in total. The SMILES string of the molecule is CC(=O)NC1CCC12CCOCC2. The molecule has 1 heterocycles. The summed E-state index contributed by atoms with van der Waals surface area (Å²) in [5, 5.41) is 3.05. The summed E-state index contributed by atoms with van der Waals surface area (Å²) >= 11 is 0. The van der Waals surface area contributed by atoms with Crippen LogP contribution in [-0.4, -0.2) is 25.2 Å². The van der Waals surface area contributed by atoms with Gasteiger partial charge in [-0.25, -0.2) is 0 Å². The number of hydrogen-bond acceptors (Lipinski definition) is 2. The molecule has 1 saturated heterocycles. The zero-order chi connectivity index (χ0) is 9.31. The van der Waals surface area contributed by atoms with E-state index in [1.807, 2.05) is 0 Å². The lowest BCUT2D eigenvalue weighted by Crippen LogP contribution is -2.56. The molecule has 1 amide bonds. The summed E-state index contributed by atoms with van der Waals surface area (Å²) in [6.07, 6.45) is 4.66. The van der Waals surface area contributed by atoms with Gasteiger partial charge in [0.15, 0.2) is 0 Å². The van der Waals surface area contributed by atoms with E-state index in [0.717, 1.165) is 32.5 Å². The minimum Gasteiger partial charge on any atom is -0.381 e. The normalized spacial score (nSPS) is 31.0. The number of rotatable bonds is 1. The molecule has 13 heavy (non-hydrogen) atoms. The Balaban J connectivity index is 1.94. The molecule has 74 valence electrons. The van der Waals surface area contributed by atoms with Gasteiger partial charge in [0.25, 0.3) is 0 Å². The Morgan fingerprint density at radius 1 is 1.38 bits per heavy atom. The predicted octanol–water partition coefficient (Wildman–Crippen LogP) is 1.08. The van der Waals surface area contributed by atoms with Crippen molar-refractivity contribution in [1.29, 1.82) is 0 Å². The molecule has 2 aliphatic rings. The average molecular weight is 183 g/mol. The van der Waals surface area contributed by atoms with Gasteiger partial charge in [-0.2, -0.15) is 0 Å². The van der Waals surface area contributed by atoms with Gasteiger partial charge in [-0.3, -0.25) is 4.79 Å². The van der Waals surface area contributed by atoms with Crippen LogP contribution in [0.2, 0.25) is 0 Å². The Morgan fingerprint density at radius 2 is 2.08 bits per heavy atom. The molecule has 3 heteroatoms.